The van der Waals surface area contributed by atoms with E-state index in [1.54, 1.807) is 0 Å². The first-order valence-electron chi connectivity index (χ1n) is 4.19. The Morgan fingerprint density at radius 2 is 2.27 bits per heavy atom. The molecule has 3 nitrogen and oxygen atoms in total. The average Bonchev–Trinajstić information content (AvgIpc) is 2.20. The van der Waals surface area contributed by atoms with E-state index in [4.69, 9.17) is 0 Å². The molecule has 0 aliphatic heterocycles. The minimum Gasteiger partial charge on any atom is -0.258 e. The molecule has 1 aromatic rings. The zero-order chi connectivity index (χ0) is 11.3. The molecule has 0 saturated carbocycles. The van der Waals surface area contributed by atoms with Crippen LogP contribution in [0.25, 0.3) is 0 Å². The first kappa shape index (κ1) is 11.5. The lowest BCUT2D eigenvalue weighted by molar-refractivity contribution is -0.384. The second-order valence-electron chi connectivity index (χ2n) is 2.70. The van der Waals surface area contributed by atoms with Gasteiger partial charge in [-0.25, -0.2) is 4.39 Å². The standard InChI is InChI=1S/C10H8FNO2S/c11-10-5-4-9(12(13)14)7-8(10)3-1-2-6-15/h4-5,7,15H,2,6H2. The fourth-order valence-corrected chi connectivity index (χ4v) is 1.05. The van der Waals surface area contributed by atoms with Gasteiger partial charge in [0.25, 0.3) is 5.69 Å². The van der Waals surface area contributed by atoms with Gasteiger partial charge in [0.05, 0.1) is 10.5 Å². The zero-order valence-electron chi connectivity index (χ0n) is 7.74. The molecular weight excluding hydrogens is 217 g/mol. The second-order valence-corrected chi connectivity index (χ2v) is 3.14. The molecule has 0 N–H and O–H groups in total. The Balaban J connectivity index is 3.02. The van der Waals surface area contributed by atoms with Crippen molar-refractivity contribution in [2.75, 3.05) is 5.75 Å². The quantitative estimate of drug-likeness (QED) is 0.363. The lowest BCUT2D eigenvalue weighted by atomic mass is 10.2. The van der Waals surface area contributed by atoms with Gasteiger partial charge in [0.1, 0.15) is 5.82 Å². The van der Waals surface area contributed by atoms with Gasteiger partial charge in [0, 0.05) is 24.3 Å². The van der Waals surface area contributed by atoms with Gasteiger partial charge < -0.3 is 0 Å². The minimum absolute atomic E-state index is 0.0472. The summed E-state index contributed by atoms with van der Waals surface area (Å²) in [6, 6.07) is 3.28. The van der Waals surface area contributed by atoms with E-state index < -0.39 is 10.7 Å². The number of nitro benzene ring substituents is 1. The summed E-state index contributed by atoms with van der Waals surface area (Å²) in [5, 5.41) is 10.4. The van der Waals surface area contributed by atoms with Crippen LogP contribution >= 0.6 is 12.6 Å². The van der Waals surface area contributed by atoms with Crippen molar-refractivity contribution in [2.24, 2.45) is 0 Å². The van der Waals surface area contributed by atoms with Gasteiger partial charge in [-0.1, -0.05) is 11.8 Å². The van der Waals surface area contributed by atoms with E-state index in [0.29, 0.717) is 12.2 Å². The van der Waals surface area contributed by atoms with E-state index >= 15 is 0 Å². The molecule has 0 atom stereocenters. The summed E-state index contributed by atoms with van der Waals surface area (Å²) in [6.45, 7) is 0. The van der Waals surface area contributed by atoms with E-state index in [1.165, 1.54) is 0 Å². The molecule has 1 rings (SSSR count). The van der Waals surface area contributed by atoms with E-state index in [0.717, 1.165) is 18.2 Å². The highest BCUT2D eigenvalue weighted by Crippen LogP contribution is 2.15. The first-order valence-corrected chi connectivity index (χ1v) is 4.82. The van der Waals surface area contributed by atoms with Crippen LogP contribution in [0.1, 0.15) is 12.0 Å². The van der Waals surface area contributed by atoms with Crippen molar-refractivity contribution in [3.63, 3.8) is 0 Å². The van der Waals surface area contributed by atoms with Gasteiger partial charge in [0.2, 0.25) is 0 Å². The molecule has 0 fully saturated rings. The number of nitro groups is 1. The minimum atomic E-state index is -0.580. The summed E-state index contributed by atoms with van der Waals surface area (Å²) in [6.07, 6.45) is 0.519. The van der Waals surface area contributed by atoms with Crippen LogP contribution in [0.4, 0.5) is 10.1 Å². The molecule has 78 valence electrons. The fourth-order valence-electron chi connectivity index (χ4n) is 0.936. The smallest absolute Gasteiger partial charge is 0.258 e. The molecule has 0 spiro atoms. The highest BCUT2D eigenvalue weighted by molar-refractivity contribution is 7.80. The monoisotopic (exact) mass is 225 g/mol. The molecule has 5 heteroatoms. The van der Waals surface area contributed by atoms with Crippen molar-refractivity contribution in [1.82, 2.24) is 0 Å². The summed E-state index contributed by atoms with van der Waals surface area (Å²) >= 11 is 3.94. The molecule has 1 aromatic carbocycles. The molecule has 0 radical (unpaired) electrons. The summed E-state index contributed by atoms with van der Waals surface area (Å²) in [5.74, 6) is 5.22. The molecule has 15 heavy (non-hydrogen) atoms. The van der Waals surface area contributed by atoms with E-state index in [1.807, 2.05) is 0 Å². The van der Waals surface area contributed by atoms with E-state index in [2.05, 4.69) is 24.5 Å². The van der Waals surface area contributed by atoms with Crippen LogP contribution in [-0.4, -0.2) is 10.7 Å². The van der Waals surface area contributed by atoms with Crippen molar-refractivity contribution in [3.05, 3.63) is 39.7 Å². The predicted molar refractivity (Wildman–Crippen MR) is 58.4 cm³/mol. The van der Waals surface area contributed by atoms with Crippen molar-refractivity contribution in [1.29, 1.82) is 0 Å². The molecule has 0 aliphatic carbocycles. The Morgan fingerprint density at radius 1 is 1.53 bits per heavy atom. The Labute approximate surface area is 91.9 Å². The molecule has 0 saturated heterocycles. The number of non-ortho nitro benzene ring substituents is 1. The molecule has 0 aliphatic rings. The number of thiol groups is 1. The molecule has 0 heterocycles. The highest BCUT2D eigenvalue weighted by Gasteiger charge is 2.08. The third-order valence-corrected chi connectivity index (χ3v) is 1.84. The summed E-state index contributed by atoms with van der Waals surface area (Å²) in [4.78, 5) is 9.84. The number of benzene rings is 1. The number of halogens is 1. The Hall–Kier alpha value is -1.54. The van der Waals surface area contributed by atoms with Crippen LogP contribution in [0.3, 0.4) is 0 Å². The van der Waals surface area contributed by atoms with Crippen LogP contribution in [0.15, 0.2) is 18.2 Å². The maximum atomic E-state index is 13.1. The SMILES string of the molecule is O=[N+]([O-])c1ccc(F)c(C#CCCS)c1. The van der Waals surface area contributed by atoms with Gasteiger partial charge in [0.15, 0.2) is 0 Å². The molecular formula is C10H8FNO2S. The van der Waals surface area contributed by atoms with E-state index in [9.17, 15) is 14.5 Å². The number of rotatable bonds is 2. The van der Waals surface area contributed by atoms with Gasteiger partial charge in [-0.2, -0.15) is 12.6 Å². The van der Waals surface area contributed by atoms with Gasteiger partial charge >= 0.3 is 0 Å². The Morgan fingerprint density at radius 3 is 2.87 bits per heavy atom. The largest absolute Gasteiger partial charge is 0.270 e. The number of hydrogen-bond donors (Lipinski definition) is 1. The highest BCUT2D eigenvalue weighted by atomic mass is 32.1. The fraction of sp³-hybridized carbons (Fsp3) is 0.200. The van der Waals surface area contributed by atoms with E-state index in [-0.39, 0.29) is 11.3 Å². The third-order valence-electron chi connectivity index (χ3n) is 1.62. The van der Waals surface area contributed by atoms with Gasteiger partial charge in [-0.05, 0) is 6.07 Å². The lowest BCUT2D eigenvalue weighted by Crippen LogP contribution is -1.91. The summed E-state index contributed by atoms with van der Waals surface area (Å²) in [5.41, 5.74) is -0.113. The second kappa shape index (κ2) is 5.37. The van der Waals surface area contributed by atoms with Crippen molar-refractivity contribution in [2.45, 2.75) is 6.42 Å². The van der Waals surface area contributed by atoms with Crippen LogP contribution in [0, 0.1) is 27.8 Å². The molecule has 0 bridgehead atoms. The van der Waals surface area contributed by atoms with Gasteiger partial charge in [-0.15, -0.1) is 0 Å². The number of hydrogen-bond acceptors (Lipinski definition) is 3. The summed E-state index contributed by atoms with van der Waals surface area (Å²) < 4.78 is 13.1. The Bertz CT molecular complexity index is 437. The zero-order valence-corrected chi connectivity index (χ0v) is 8.63. The maximum absolute atomic E-state index is 13.1. The van der Waals surface area contributed by atoms with Crippen molar-refractivity contribution < 1.29 is 9.31 Å². The van der Waals surface area contributed by atoms with Crippen LogP contribution in [0.2, 0.25) is 0 Å². The van der Waals surface area contributed by atoms with Crippen molar-refractivity contribution >= 4 is 18.3 Å². The molecule has 0 amide bonds. The normalized spacial score (nSPS) is 9.20. The summed E-state index contributed by atoms with van der Waals surface area (Å²) in [7, 11) is 0. The van der Waals surface area contributed by atoms with Crippen LogP contribution < -0.4 is 0 Å². The molecule has 0 aromatic heterocycles. The van der Waals surface area contributed by atoms with Crippen LogP contribution in [0.5, 0.6) is 0 Å². The topological polar surface area (TPSA) is 43.1 Å². The third kappa shape index (κ3) is 3.26. The predicted octanol–water partition coefficient (Wildman–Crippen LogP) is 2.41. The average molecular weight is 225 g/mol. The van der Waals surface area contributed by atoms with Gasteiger partial charge in [-0.3, -0.25) is 10.1 Å². The van der Waals surface area contributed by atoms with Crippen LogP contribution in [-0.2, 0) is 0 Å². The number of nitrogens with zero attached hydrogens (tertiary/aromatic N) is 1. The first-order chi connectivity index (χ1) is 7.15. The Kier molecular flexibility index (Phi) is 4.13. The molecule has 0 unspecified atom stereocenters. The van der Waals surface area contributed by atoms with Crippen molar-refractivity contribution in [3.8, 4) is 11.8 Å². The maximum Gasteiger partial charge on any atom is 0.270 e. The lowest BCUT2D eigenvalue weighted by Gasteiger charge is -1.94.